The van der Waals surface area contributed by atoms with E-state index in [0.717, 1.165) is 0 Å². The van der Waals surface area contributed by atoms with Crippen LogP contribution in [0.15, 0.2) is 23.1 Å². The molecule has 0 heterocycles. The molecule has 0 aliphatic carbocycles. The second-order valence-electron chi connectivity index (χ2n) is 4.86. The predicted octanol–water partition coefficient (Wildman–Crippen LogP) is 1.67. The highest BCUT2D eigenvalue weighted by Gasteiger charge is 2.29. The molecule has 0 saturated carbocycles. The summed E-state index contributed by atoms with van der Waals surface area (Å²) in [5.74, 6) is 0. The number of rotatable bonds is 7. The number of methoxy groups -OCH3 is 1. The molecule has 0 radical (unpaired) electrons. The molecule has 0 aliphatic heterocycles. The highest BCUT2D eigenvalue weighted by atomic mass is 32.2. The fraction of sp³-hybridized carbons (Fsp3) is 0.500. The third-order valence-electron chi connectivity index (χ3n) is 3.27. The van der Waals surface area contributed by atoms with E-state index in [-0.39, 0.29) is 15.9 Å². The van der Waals surface area contributed by atoms with Crippen molar-refractivity contribution in [2.24, 2.45) is 5.73 Å². The van der Waals surface area contributed by atoms with Crippen LogP contribution in [-0.2, 0) is 14.8 Å². The van der Waals surface area contributed by atoms with E-state index in [0.29, 0.717) is 24.3 Å². The fourth-order valence-corrected chi connectivity index (χ4v) is 4.21. The molecule has 0 aromatic heterocycles. The average molecular weight is 330 g/mol. The van der Waals surface area contributed by atoms with Gasteiger partial charge in [0, 0.05) is 25.3 Å². The summed E-state index contributed by atoms with van der Waals surface area (Å²) in [4.78, 5) is 0.414. The van der Waals surface area contributed by atoms with Crippen LogP contribution in [-0.4, -0.2) is 44.0 Å². The van der Waals surface area contributed by atoms with Crippen LogP contribution < -0.4 is 5.73 Å². The molecule has 1 unspecified atom stereocenters. The van der Waals surface area contributed by atoms with Gasteiger partial charge >= 0.3 is 0 Å². The first-order valence-electron chi connectivity index (χ1n) is 6.66. The van der Waals surface area contributed by atoms with Gasteiger partial charge in [0.25, 0.3) is 0 Å². The number of likely N-dealkylation sites (N-methyl/N-ethyl adjacent to an activating group) is 1. The van der Waals surface area contributed by atoms with Crippen LogP contribution in [0.25, 0.3) is 0 Å². The first-order valence-corrected chi connectivity index (χ1v) is 8.51. The molecule has 1 aromatic carbocycles. The van der Waals surface area contributed by atoms with Crippen molar-refractivity contribution in [3.63, 3.8) is 0 Å². The van der Waals surface area contributed by atoms with Crippen LogP contribution in [0.4, 0.5) is 0 Å². The molecule has 1 atom stereocenters. The topological polar surface area (TPSA) is 72.6 Å². The number of hydrogen-bond acceptors (Lipinski definition) is 4. The molecule has 5 nitrogen and oxygen atoms in total. The van der Waals surface area contributed by atoms with E-state index in [9.17, 15) is 8.42 Å². The third kappa shape index (κ3) is 4.00. The number of thiocarbonyl (C=S) groups is 1. The lowest BCUT2D eigenvalue weighted by Gasteiger charge is -2.27. The lowest BCUT2D eigenvalue weighted by molar-refractivity contribution is 0.142. The maximum absolute atomic E-state index is 12.9. The highest BCUT2D eigenvalue weighted by Crippen LogP contribution is 2.23. The van der Waals surface area contributed by atoms with Crippen LogP contribution in [0, 0.1) is 6.92 Å². The molecule has 0 bridgehead atoms. The van der Waals surface area contributed by atoms with E-state index in [1.54, 1.807) is 33.1 Å². The Morgan fingerprint density at radius 1 is 1.48 bits per heavy atom. The quantitative estimate of drug-likeness (QED) is 0.770. The van der Waals surface area contributed by atoms with E-state index in [4.69, 9.17) is 22.7 Å². The normalized spacial score (nSPS) is 13.4. The molecular formula is C14H22N2O3S2. The smallest absolute Gasteiger partial charge is 0.243 e. The summed E-state index contributed by atoms with van der Waals surface area (Å²) in [7, 11) is -2.07. The van der Waals surface area contributed by atoms with Crippen LogP contribution in [0.5, 0.6) is 0 Å². The molecular weight excluding hydrogens is 308 g/mol. The average Bonchev–Trinajstić information content (AvgIpc) is 2.39. The number of sulfonamides is 1. The Hall–Kier alpha value is -1.02. The molecule has 1 aromatic rings. The van der Waals surface area contributed by atoms with Crippen molar-refractivity contribution < 1.29 is 13.2 Å². The molecule has 0 aliphatic rings. The van der Waals surface area contributed by atoms with E-state index < -0.39 is 10.0 Å². The second-order valence-corrected chi connectivity index (χ2v) is 7.16. The van der Waals surface area contributed by atoms with Crippen LogP contribution in [0.2, 0.25) is 0 Å². The Balaban J connectivity index is 3.34. The number of hydrogen-bond donors (Lipinski definition) is 1. The van der Waals surface area contributed by atoms with Crippen LogP contribution >= 0.6 is 12.2 Å². The minimum absolute atomic E-state index is 0.180. The predicted molar refractivity (Wildman–Crippen MR) is 88.0 cm³/mol. The van der Waals surface area contributed by atoms with Crippen molar-refractivity contribution in [3.8, 4) is 0 Å². The Bertz CT molecular complexity index is 615. The van der Waals surface area contributed by atoms with Crippen molar-refractivity contribution in [2.45, 2.75) is 31.7 Å². The Labute approximate surface area is 132 Å². The fourth-order valence-electron chi connectivity index (χ4n) is 2.20. The Morgan fingerprint density at radius 3 is 2.57 bits per heavy atom. The summed E-state index contributed by atoms with van der Waals surface area (Å²) in [5.41, 5.74) is 6.81. The molecule has 0 fully saturated rings. The van der Waals surface area contributed by atoms with Crippen molar-refractivity contribution in [3.05, 3.63) is 29.3 Å². The largest absolute Gasteiger partial charge is 0.389 e. The lowest BCUT2D eigenvalue weighted by atomic mass is 10.1. The zero-order chi connectivity index (χ0) is 16.2. The Morgan fingerprint density at radius 2 is 2.10 bits per heavy atom. The zero-order valence-corrected chi connectivity index (χ0v) is 14.4. The van der Waals surface area contributed by atoms with Crippen LogP contribution in [0.1, 0.15) is 25.0 Å². The van der Waals surface area contributed by atoms with Crippen molar-refractivity contribution in [2.75, 3.05) is 20.3 Å². The maximum atomic E-state index is 12.9. The van der Waals surface area contributed by atoms with Crippen molar-refractivity contribution in [1.82, 2.24) is 4.31 Å². The summed E-state index contributed by atoms with van der Waals surface area (Å²) < 4.78 is 32.2. The molecule has 2 N–H and O–H groups in total. The van der Waals surface area contributed by atoms with Crippen LogP contribution in [0.3, 0.4) is 0 Å². The number of aryl methyl sites for hydroxylation is 1. The van der Waals surface area contributed by atoms with Gasteiger partial charge in [-0.15, -0.1) is 0 Å². The second kappa shape index (κ2) is 7.31. The van der Waals surface area contributed by atoms with E-state index >= 15 is 0 Å². The number of nitrogens with two attached hydrogens (primary N) is 1. The van der Waals surface area contributed by atoms with Gasteiger partial charge < -0.3 is 10.5 Å². The molecule has 1 rings (SSSR count). The molecule has 0 spiro atoms. The summed E-state index contributed by atoms with van der Waals surface area (Å²) in [6.07, 6.45) is 0. The van der Waals surface area contributed by atoms with E-state index in [2.05, 4.69) is 0 Å². The third-order valence-corrected chi connectivity index (χ3v) is 5.74. The van der Waals surface area contributed by atoms with Gasteiger partial charge in [0.05, 0.1) is 11.5 Å². The number of ether oxygens (including phenoxy) is 1. The molecule has 0 amide bonds. The first kappa shape index (κ1) is 18.0. The van der Waals surface area contributed by atoms with Gasteiger partial charge in [-0.05, 0) is 25.5 Å². The molecule has 21 heavy (non-hydrogen) atoms. The van der Waals surface area contributed by atoms with Gasteiger partial charge in [-0.1, -0.05) is 31.3 Å². The zero-order valence-electron chi connectivity index (χ0n) is 12.8. The summed E-state index contributed by atoms with van der Waals surface area (Å²) in [6, 6.07) is 4.73. The van der Waals surface area contributed by atoms with Crippen molar-refractivity contribution in [1.29, 1.82) is 0 Å². The molecule has 7 heteroatoms. The SMILES string of the molecule is CCN(C(C)COC)S(=O)(=O)c1cc(C(N)=S)ccc1C. The standard InChI is InChI=1S/C14H22N2O3S2/c1-5-16(11(3)9-19-4)21(17,18)13-8-12(14(15)20)7-6-10(13)2/h6-8,11H,5,9H2,1-4H3,(H2,15,20). The van der Waals surface area contributed by atoms with Crippen molar-refractivity contribution >= 4 is 27.2 Å². The minimum Gasteiger partial charge on any atom is -0.389 e. The first-order chi connectivity index (χ1) is 9.75. The number of benzene rings is 1. The monoisotopic (exact) mass is 330 g/mol. The summed E-state index contributed by atoms with van der Waals surface area (Å²) in [6.45, 7) is 6.07. The van der Waals surface area contributed by atoms with Gasteiger partial charge in [-0.25, -0.2) is 8.42 Å². The van der Waals surface area contributed by atoms with E-state index in [1.807, 2.05) is 6.92 Å². The summed E-state index contributed by atoms with van der Waals surface area (Å²) >= 11 is 4.92. The minimum atomic E-state index is -3.62. The van der Waals surface area contributed by atoms with Gasteiger partial charge in [0.2, 0.25) is 10.0 Å². The van der Waals surface area contributed by atoms with E-state index in [1.165, 1.54) is 10.4 Å². The van der Waals surface area contributed by atoms with Gasteiger partial charge in [0.15, 0.2) is 0 Å². The maximum Gasteiger partial charge on any atom is 0.243 e. The highest BCUT2D eigenvalue weighted by molar-refractivity contribution is 7.89. The van der Waals surface area contributed by atoms with Gasteiger partial charge in [-0.3, -0.25) is 0 Å². The lowest BCUT2D eigenvalue weighted by Crippen LogP contribution is -2.41. The van der Waals surface area contributed by atoms with Gasteiger partial charge in [0.1, 0.15) is 4.99 Å². The molecule has 118 valence electrons. The summed E-state index contributed by atoms with van der Waals surface area (Å²) in [5, 5.41) is 0. The Kier molecular flexibility index (Phi) is 6.27. The molecule has 0 saturated heterocycles. The van der Waals surface area contributed by atoms with Gasteiger partial charge in [-0.2, -0.15) is 4.31 Å². The number of nitrogens with zero attached hydrogens (tertiary/aromatic N) is 1.